The molecule has 0 spiro atoms. The maximum atomic E-state index is 13.8. The summed E-state index contributed by atoms with van der Waals surface area (Å²) >= 11 is 10.9. The molecule has 0 aliphatic rings. The van der Waals surface area contributed by atoms with Crippen LogP contribution in [0.1, 0.15) is 16.7 Å². The molecule has 2 rings (SSSR count). The Hall–Kier alpha value is -1.65. The zero-order valence-corrected chi connectivity index (χ0v) is 12.6. The highest BCUT2D eigenvalue weighted by Crippen LogP contribution is 2.33. The van der Waals surface area contributed by atoms with Gasteiger partial charge >= 0.3 is 0 Å². The van der Waals surface area contributed by atoms with Gasteiger partial charge in [-0.25, -0.2) is 4.39 Å². The summed E-state index contributed by atoms with van der Waals surface area (Å²) in [4.78, 5) is -0.0395. The second kappa shape index (κ2) is 5.77. The summed E-state index contributed by atoms with van der Waals surface area (Å²) < 4.78 is 19.6. The number of ether oxygens (including phenoxy) is 1. The minimum absolute atomic E-state index is 0.0395. The van der Waals surface area contributed by atoms with E-state index >= 15 is 0 Å². The number of aryl methyl sites for hydroxylation is 2. The number of hydrogen-bond donors (Lipinski definition) is 1. The zero-order chi connectivity index (χ0) is 14.9. The van der Waals surface area contributed by atoms with E-state index < -0.39 is 5.82 Å². The molecule has 0 atom stereocenters. The molecule has 0 aliphatic heterocycles. The highest BCUT2D eigenvalue weighted by atomic mass is 35.5. The molecule has 20 heavy (non-hydrogen) atoms. The van der Waals surface area contributed by atoms with Crippen molar-refractivity contribution >= 4 is 28.8 Å². The lowest BCUT2D eigenvalue weighted by Crippen LogP contribution is -2.13. The van der Waals surface area contributed by atoms with E-state index in [1.165, 1.54) is 6.07 Å². The molecule has 2 N–H and O–H groups in total. The van der Waals surface area contributed by atoms with Crippen LogP contribution in [0, 0.1) is 19.7 Å². The van der Waals surface area contributed by atoms with Crippen molar-refractivity contribution in [2.45, 2.75) is 13.8 Å². The summed E-state index contributed by atoms with van der Waals surface area (Å²) in [5.74, 6) is 0.419. The van der Waals surface area contributed by atoms with Crippen molar-refractivity contribution < 1.29 is 9.13 Å². The number of hydrogen-bond acceptors (Lipinski definition) is 2. The molecule has 5 heteroatoms. The van der Waals surface area contributed by atoms with Crippen LogP contribution in [0.15, 0.2) is 30.3 Å². The van der Waals surface area contributed by atoms with Gasteiger partial charge < -0.3 is 10.5 Å². The first-order chi connectivity index (χ1) is 9.40. The van der Waals surface area contributed by atoms with Crippen LogP contribution in [0.4, 0.5) is 4.39 Å². The average molecular weight is 310 g/mol. The fraction of sp³-hybridized carbons (Fsp3) is 0.133. The van der Waals surface area contributed by atoms with E-state index in [0.717, 1.165) is 11.1 Å². The normalized spacial score (nSPS) is 10.4. The number of thiocarbonyl (C=S) groups is 1. The molecule has 0 saturated heterocycles. The van der Waals surface area contributed by atoms with Crippen molar-refractivity contribution in [2.24, 2.45) is 5.73 Å². The first-order valence-electron chi connectivity index (χ1n) is 5.93. The second-order valence-corrected chi connectivity index (χ2v) is 5.32. The predicted octanol–water partition coefficient (Wildman–Crippen LogP) is 4.52. The smallest absolute Gasteiger partial charge is 0.140 e. The Balaban J connectivity index is 2.51. The molecule has 0 aliphatic carbocycles. The molecule has 0 unspecified atom stereocenters. The van der Waals surface area contributed by atoms with E-state index in [9.17, 15) is 4.39 Å². The molecule has 0 saturated carbocycles. The molecule has 0 aromatic heterocycles. The van der Waals surface area contributed by atoms with Crippen molar-refractivity contribution in [3.63, 3.8) is 0 Å². The maximum absolute atomic E-state index is 13.8. The van der Waals surface area contributed by atoms with Crippen LogP contribution in [0.2, 0.25) is 5.02 Å². The van der Waals surface area contributed by atoms with Crippen LogP contribution in [0.5, 0.6) is 11.5 Å². The lowest BCUT2D eigenvalue weighted by Gasteiger charge is -2.15. The van der Waals surface area contributed by atoms with Crippen molar-refractivity contribution in [2.75, 3.05) is 0 Å². The van der Waals surface area contributed by atoms with Gasteiger partial charge in [0.2, 0.25) is 0 Å². The Bertz CT molecular complexity index is 665. The summed E-state index contributed by atoms with van der Waals surface area (Å²) in [7, 11) is 0. The number of halogens is 2. The molecule has 0 radical (unpaired) electrons. The molecule has 2 aromatic rings. The molecule has 2 nitrogen and oxygen atoms in total. The second-order valence-electron chi connectivity index (χ2n) is 4.45. The van der Waals surface area contributed by atoms with Crippen LogP contribution in [0.25, 0.3) is 0 Å². The standard InChI is InChI=1S/C15H13ClFNOS/c1-8-6-10(16)7-9(2)14(8)19-12-5-3-4-11(17)13(12)15(18)20/h3-7H,1-2H3,(H2,18,20). The van der Waals surface area contributed by atoms with Crippen LogP contribution in [-0.4, -0.2) is 4.99 Å². The Morgan fingerprint density at radius 3 is 2.40 bits per heavy atom. The van der Waals surface area contributed by atoms with Gasteiger partial charge in [0.15, 0.2) is 0 Å². The molecule has 0 heterocycles. The van der Waals surface area contributed by atoms with Crippen molar-refractivity contribution in [1.29, 1.82) is 0 Å². The molecule has 0 amide bonds. The quantitative estimate of drug-likeness (QED) is 0.846. The van der Waals surface area contributed by atoms with E-state index in [2.05, 4.69) is 0 Å². The monoisotopic (exact) mass is 309 g/mol. The van der Waals surface area contributed by atoms with E-state index in [1.54, 1.807) is 24.3 Å². The van der Waals surface area contributed by atoms with Crippen molar-refractivity contribution in [1.82, 2.24) is 0 Å². The SMILES string of the molecule is Cc1cc(Cl)cc(C)c1Oc1cccc(F)c1C(N)=S. The molecule has 2 aromatic carbocycles. The number of rotatable bonds is 3. The Kier molecular flexibility index (Phi) is 4.26. The maximum Gasteiger partial charge on any atom is 0.140 e. The summed E-state index contributed by atoms with van der Waals surface area (Å²) in [6.45, 7) is 3.74. The predicted molar refractivity (Wildman–Crippen MR) is 83.3 cm³/mol. The lowest BCUT2D eigenvalue weighted by atomic mass is 10.1. The van der Waals surface area contributed by atoms with Gasteiger partial charge in [0.05, 0.1) is 5.56 Å². The van der Waals surface area contributed by atoms with Gasteiger partial charge in [-0.1, -0.05) is 29.9 Å². The minimum atomic E-state index is -0.501. The van der Waals surface area contributed by atoms with Gasteiger partial charge in [0.25, 0.3) is 0 Å². The largest absolute Gasteiger partial charge is 0.456 e. The molecule has 0 fully saturated rings. The highest BCUT2D eigenvalue weighted by molar-refractivity contribution is 7.80. The zero-order valence-electron chi connectivity index (χ0n) is 11.0. The third-order valence-corrected chi connectivity index (χ3v) is 3.28. The van der Waals surface area contributed by atoms with Crippen LogP contribution in [-0.2, 0) is 0 Å². The highest BCUT2D eigenvalue weighted by Gasteiger charge is 2.15. The first-order valence-corrected chi connectivity index (χ1v) is 6.71. The third-order valence-electron chi connectivity index (χ3n) is 2.86. The summed E-state index contributed by atoms with van der Waals surface area (Å²) in [5.41, 5.74) is 7.38. The average Bonchev–Trinajstić information content (AvgIpc) is 2.33. The summed E-state index contributed by atoms with van der Waals surface area (Å²) in [6, 6.07) is 8.04. The number of nitrogens with two attached hydrogens (primary N) is 1. The van der Waals surface area contributed by atoms with Gasteiger partial charge in [-0.2, -0.15) is 0 Å². The Morgan fingerprint density at radius 1 is 1.25 bits per heavy atom. The minimum Gasteiger partial charge on any atom is -0.456 e. The van der Waals surface area contributed by atoms with E-state index in [-0.39, 0.29) is 10.6 Å². The van der Waals surface area contributed by atoms with E-state index in [4.69, 9.17) is 34.3 Å². The number of benzene rings is 2. The summed E-state index contributed by atoms with van der Waals surface area (Å²) in [5, 5.41) is 0.626. The van der Waals surface area contributed by atoms with Gasteiger partial charge in [-0.3, -0.25) is 0 Å². The topological polar surface area (TPSA) is 35.2 Å². The lowest BCUT2D eigenvalue weighted by molar-refractivity contribution is 0.468. The third kappa shape index (κ3) is 2.92. The molecular weight excluding hydrogens is 297 g/mol. The first kappa shape index (κ1) is 14.8. The van der Waals surface area contributed by atoms with Gasteiger partial charge in [0, 0.05) is 5.02 Å². The van der Waals surface area contributed by atoms with E-state index in [1.807, 2.05) is 13.8 Å². The van der Waals surface area contributed by atoms with Crippen LogP contribution >= 0.6 is 23.8 Å². The van der Waals surface area contributed by atoms with Gasteiger partial charge in [0.1, 0.15) is 22.3 Å². The van der Waals surface area contributed by atoms with Crippen molar-refractivity contribution in [3.05, 3.63) is 57.9 Å². The Morgan fingerprint density at radius 2 is 1.85 bits per heavy atom. The molecular formula is C15H13ClFNOS. The fourth-order valence-corrected chi connectivity index (χ4v) is 2.52. The van der Waals surface area contributed by atoms with Gasteiger partial charge in [-0.15, -0.1) is 0 Å². The van der Waals surface area contributed by atoms with Crippen LogP contribution in [0.3, 0.4) is 0 Å². The molecule has 104 valence electrons. The fourth-order valence-electron chi connectivity index (χ4n) is 2.00. The van der Waals surface area contributed by atoms with Crippen molar-refractivity contribution in [3.8, 4) is 11.5 Å². The Labute approximate surface area is 127 Å². The molecule has 0 bridgehead atoms. The van der Waals surface area contributed by atoms with E-state index in [0.29, 0.717) is 16.5 Å². The van der Waals surface area contributed by atoms with Crippen LogP contribution < -0.4 is 10.5 Å². The van der Waals surface area contributed by atoms with Gasteiger partial charge in [-0.05, 0) is 49.2 Å². The summed E-state index contributed by atoms with van der Waals surface area (Å²) in [6.07, 6.45) is 0.